The van der Waals surface area contributed by atoms with Gasteiger partial charge in [0.25, 0.3) is 0 Å². The number of hydrogen-bond donors (Lipinski definition) is 1. The van der Waals surface area contributed by atoms with Crippen LogP contribution in [-0.4, -0.2) is 4.98 Å². The van der Waals surface area contributed by atoms with Crippen molar-refractivity contribution in [1.82, 2.24) is 4.98 Å². The van der Waals surface area contributed by atoms with E-state index in [2.05, 4.69) is 10.3 Å². The van der Waals surface area contributed by atoms with E-state index in [0.29, 0.717) is 16.4 Å². The normalized spacial score (nSPS) is 10.6. The van der Waals surface area contributed by atoms with Crippen molar-refractivity contribution in [3.63, 3.8) is 0 Å². The van der Waals surface area contributed by atoms with Crippen LogP contribution in [0, 0.1) is 18.6 Å². The number of aromatic nitrogens is 1. The molecular weight excluding hydrogens is 290 g/mol. The van der Waals surface area contributed by atoms with Crippen molar-refractivity contribution >= 4 is 22.2 Å². The van der Waals surface area contributed by atoms with Crippen LogP contribution >= 0.6 is 11.3 Å². The lowest BCUT2D eigenvalue weighted by Crippen LogP contribution is -1.90. The van der Waals surface area contributed by atoms with E-state index < -0.39 is 0 Å². The van der Waals surface area contributed by atoms with Crippen molar-refractivity contribution in [2.75, 3.05) is 5.32 Å². The minimum absolute atomic E-state index is 0.290. The molecule has 0 aliphatic rings. The highest BCUT2D eigenvalue weighted by Gasteiger charge is 2.10. The van der Waals surface area contributed by atoms with E-state index in [1.807, 2.05) is 6.92 Å². The molecule has 1 aromatic heterocycles. The summed E-state index contributed by atoms with van der Waals surface area (Å²) in [6.45, 7) is 1.91. The first-order chi connectivity index (χ1) is 10.1. The Balaban J connectivity index is 1.86. The largest absolute Gasteiger partial charge is 0.332 e. The Morgan fingerprint density at radius 1 is 1.05 bits per heavy atom. The van der Waals surface area contributed by atoms with Crippen LogP contribution < -0.4 is 5.32 Å². The lowest BCUT2D eigenvalue weighted by Gasteiger charge is -2.02. The highest BCUT2D eigenvalue weighted by molar-refractivity contribution is 7.14. The summed E-state index contributed by atoms with van der Waals surface area (Å²) >= 11 is 1.38. The third-order valence-electron chi connectivity index (χ3n) is 3.00. The number of benzene rings is 2. The van der Waals surface area contributed by atoms with E-state index in [-0.39, 0.29) is 11.6 Å². The highest BCUT2D eigenvalue weighted by Crippen LogP contribution is 2.29. The Hall–Kier alpha value is -2.27. The van der Waals surface area contributed by atoms with Crippen molar-refractivity contribution < 1.29 is 8.78 Å². The lowest BCUT2D eigenvalue weighted by atomic mass is 10.1. The fraction of sp³-hybridized carbons (Fsp3) is 0.0625. The fourth-order valence-electron chi connectivity index (χ4n) is 1.95. The molecule has 0 radical (unpaired) electrons. The SMILES string of the molecule is Cc1ccc(F)c(-c2csc(Nc3ccc(F)cc3)n2)c1. The Morgan fingerprint density at radius 3 is 2.57 bits per heavy atom. The summed E-state index contributed by atoms with van der Waals surface area (Å²) in [5.74, 6) is -0.582. The number of anilines is 2. The molecule has 0 amide bonds. The van der Waals surface area contributed by atoms with Crippen LogP contribution in [0.15, 0.2) is 47.8 Å². The van der Waals surface area contributed by atoms with Crippen LogP contribution in [0.5, 0.6) is 0 Å². The van der Waals surface area contributed by atoms with Crippen LogP contribution in [0.3, 0.4) is 0 Å². The molecule has 0 spiro atoms. The standard InChI is InChI=1S/C16H12F2N2S/c1-10-2-7-14(18)13(8-10)15-9-21-16(20-15)19-12-5-3-11(17)4-6-12/h2-9H,1H3,(H,19,20). The van der Waals surface area contributed by atoms with E-state index in [4.69, 9.17) is 0 Å². The summed E-state index contributed by atoms with van der Waals surface area (Å²) in [4.78, 5) is 4.37. The third kappa shape index (κ3) is 3.08. The van der Waals surface area contributed by atoms with Crippen LogP contribution in [0.25, 0.3) is 11.3 Å². The lowest BCUT2D eigenvalue weighted by molar-refractivity contribution is 0.628. The quantitative estimate of drug-likeness (QED) is 0.724. The first-order valence-electron chi connectivity index (χ1n) is 6.36. The maximum Gasteiger partial charge on any atom is 0.187 e. The zero-order chi connectivity index (χ0) is 14.8. The molecule has 21 heavy (non-hydrogen) atoms. The van der Waals surface area contributed by atoms with Crippen LogP contribution in [0.4, 0.5) is 19.6 Å². The maximum absolute atomic E-state index is 13.8. The Bertz CT molecular complexity index is 766. The molecule has 0 saturated heterocycles. The van der Waals surface area contributed by atoms with Gasteiger partial charge in [-0.05, 0) is 43.3 Å². The maximum atomic E-state index is 13.8. The molecular formula is C16H12F2N2S. The summed E-state index contributed by atoms with van der Waals surface area (Å²) in [5.41, 5.74) is 2.79. The molecule has 1 N–H and O–H groups in total. The van der Waals surface area contributed by atoms with E-state index in [1.165, 1.54) is 29.5 Å². The van der Waals surface area contributed by atoms with Crippen molar-refractivity contribution in [3.8, 4) is 11.3 Å². The Kier molecular flexibility index (Phi) is 3.66. The van der Waals surface area contributed by atoms with Gasteiger partial charge in [0.1, 0.15) is 11.6 Å². The van der Waals surface area contributed by atoms with Crippen molar-refractivity contribution in [2.45, 2.75) is 6.92 Å². The van der Waals surface area contributed by atoms with Gasteiger partial charge in [0.15, 0.2) is 5.13 Å². The minimum atomic E-state index is -0.292. The number of thiazole rings is 1. The van der Waals surface area contributed by atoms with Gasteiger partial charge in [-0.2, -0.15) is 0 Å². The van der Waals surface area contributed by atoms with Crippen molar-refractivity contribution in [1.29, 1.82) is 0 Å². The number of hydrogen-bond acceptors (Lipinski definition) is 3. The monoisotopic (exact) mass is 302 g/mol. The zero-order valence-electron chi connectivity index (χ0n) is 11.2. The average molecular weight is 302 g/mol. The van der Waals surface area contributed by atoms with Gasteiger partial charge in [0.2, 0.25) is 0 Å². The van der Waals surface area contributed by atoms with Crippen LogP contribution in [0.2, 0.25) is 0 Å². The number of aryl methyl sites for hydroxylation is 1. The molecule has 3 aromatic rings. The van der Waals surface area contributed by atoms with E-state index in [1.54, 1.807) is 29.6 Å². The first kappa shape index (κ1) is 13.7. The van der Waals surface area contributed by atoms with Gasteiger partial charge >= 0.3 is 0 Å². The second kappa shape index (κ2) is 5.61. The second-order valence-corrected chi connectivity index (χ2v) is 5.51. The summed E-state index contributed by atoms with van der Waals surface area (Å²) in [7, 11) is 0. The smallest absolute Gasteiger partial charge is 0.187 e. The van der Waals surface area contributed by atoms with Crippen molar-refractivity contribution in [2.24, 2.45) is 0 Å². The molecule has 0 saturated carbocycles. The highest BCUT2D eigenvalue weighted by atomic mass is 32.1. The number of rotatable bonds is 3. The average Bonchev–Trinajstić information content (AvgIpc) is 2.92. The molecule has 0 bridgehead atoms. The van der Waals surface area contributed by atoms with E-state index in [0.717, 1.165) is 11.3 Å². The molecule has 3 rings (SSSR count). The number of nitrogens with zero attached hydrogens (tertiary/aromatic N) is 1. The molecule has 2 aromatic carbocycles. The predicted molar refractivity (Wildman–Crippen MR) is 81.9 cm³/mol. The predicted octanol–water partition coefficient (Wildman–Crippen LogP) is 5.14. The molecule has 0 fully saturated rings. The van der Waals surface area contributed by atoms with Gasteiger partial charge in [-0.1, -0.05) is 11.6 Å². The van der Waals surface area contributed by atoms with Gasteiger partial charge in [0.05, 0.1) is 5.69 Å². The summed E-state index contributed by atoms with van der Waals surface area (Å²) in [5, 5.41) is 5.51. The second-order valence-electron chi connectivity index (χ2n) is 4.65. The van der Waals surface area contributed by atoms with Gasteiger partial charge < -0.3 is 5.32 Å². The summed E-state index contributed by atoms with van der Waals surface area (Å²) in [6, 6.07) is 10.9. The van der Waals surface area contributed by atoms with Gasteiger partial charge in [-0.25, -0.2) is 13.8 Å². The summed E-state index contributed by atoms with van der Waals surface area (Å²) < 4.78 is 26.7. The van der Waals surface area contributed by atoms with Crippen molar-refractivity contribution in [3.05, 3.63) is 65.0 Å². The molecule has 0 aliphatic carbocycles. The fourth-order valence-corrected chi connectivity index (χ4v) is 2.68. The molecule has 2 nitrogen and oxygen atoms in total. The van der Waals surface area contributed by atoms with Crippen LogP contribution in [-0.2, 0) is 0 Å². The molecule has 0 unspecified atom stereocenters. The molecule has 0 atom stereocenters. The number of halogens is 2. The molecule has 0 aliphatic heterocycles. The Morgan fingerprint density at radius 2 is 1.81 bits per heavy atom. The number of nitrogens with one attached hydrogen (secondary N) is 1. The topological polar surface area (TPSA) is 24.9 Å². The minimum Gasteiger partial charge on any atom is -0.332 e. The first-order valence-corrected chi connectivity index (χ1v) is 7.24. The van der Waals surface area contributed by atoms with E-state index in [9.17, 15) is 8.78 Å². The molecule has 106 valence electrons. The third-order valence-corrected chi connectivity index (χ3v) is 3.76. The van der Waals surface area contributed by atoms with E-state index >= 15 is 0 Å². The van der Waals surface area contributed by atoms with Gasteiger partial charge in [-0.3, -0.25) is 0 Å². The molecule has 1 heterocycles. The molecule has 5 heteroatoms. The Labute approximate surface area is 125 Å². The van der Waals surface area contributed by atoms with Gasteiger partial charge in [0, 0.05) is 16.6 Å². The summed E-state index contributed by atoms with van der Waals surface area (Å²) in [6.07, 6.45) is 0. The van der Waals surface area contributed by atoms with Gasteiger partial charge in [-0.15, -0.1) is 11.3 Å². The van der Waals surface area contributed by atoms with Crippen LogP contribution in [0.1, 0.15) is 5.56 Å². The zero-order valence-corrected chi connectivity index (χ0v) is 12.0.